The van der Waals surface area contributed by atoms with Crippen LogP contribution in [0.1, 0.15) is 30.0 Å². The zero-order valence-electron chi connectivity index (χ0n) is 15.5. The molecular weight excluding hydrogens is 340 g/mol. The van der Waals surface area contributed by atoms with Gasteiger partial charge in [0.05, 0.1) is 18.1 Å². The van der Waals surface area contributed by atoms with Gasteiger partial charge in [-0.05, 0) is 56.9 Å². The summed E-state index contributed by atoms with van der Waals surface area (Å²) in [6.07, 6.45) is 0.516. The van der Waals surface area contributed by atoms with E-state index >= 15 is 0 Å². The summed E-state index contributed by atoms with van der Waals surface area (Å²) >= 11 is 0. The van der Waals surface area contributed by atoms with Gasteiger partial charge >= 0.3 is 6.03 Å². The Morgan fingerprint density at radius 1 is 1.24 bits per heavy atom. The molecule has 1 aliphatic rings. The van der Waals surface area contributed by atoms with E-state index in [0.717, 1.165) is 11.3 Å². The monoisotopic (exact) mass is 368 g/mol. The number of carbonyl (C=O) groups excluding carboxylic acids is 1. The van der Waals surface area contributed by atoms with Crippen LogP contribution in [0.5, 0.6) is 5.75 Å². The predicted molar refractivity (Wildman–Crippen MR) is 99.0 cm³/mol. The van der Waals surface area contributed by atoms with Gasteiger partial charge in [0, 0.05) is 12.6 Å². The normalized spacial score (nSPS) is 18.8. The Morgan fingerprint density at radius 2 is 1.92 bits per heavy atom. The second-order valence-electron chi connectivity index (χ2n) is 6.63. The first-order chi connectivity index (χ1) is 11.7. The molecule has 1 aliphatic heterocycles. The maximum Gasteiger partial charge on any atom is 0.317 e. The van der Waals surface area contributed by atoms with Gasteiger partial charge in [-0.1, -0.05) is 6.07 Å². The number of amides is 2. The summed E-state index contributed by atoms with van der Waals surface area (Å²) in [6.45, 7) is 9.20. The molecule has 6 nitrogen and oxygen atoms in total. The molecular formula is C18H28N2O4S. The van der Waals surface area contributed by atoms with E-state index in [1.165, 1.54) is 11.1 Å². The van der Waals surface area contributed by atoms with Crippen LogP contribution in [0.3, 0.4) is 0 Å². The zero-order chi connectivity index (χ0) is 18.6. The van der Waals surface area contributed by atoms with E-state index in [2.05, 4.69) is 18.3 Å². The van der Waals surface area contributed by atoms with Gasteiger partial charge < -0.3 is 15.0 Å². The number of carbonyl (C=O) groups is 1. The third-order valence-corrected chi connectivity index (χ3v) is 6.43. The highest BCUT2D eigenvalue weighted by Gasteiger charge is 2.33. The average Bonchev–Trinajstić information content (AvgIpc) is 2.89. The van der Waals surface area contributed by atoms with Crippen molar-refractivity contribution in [1.82, 2.24) is 10.2 Å². The number of ether oxygens (including phenoxy) is 1. The molecule has 0 aromatic heterocycles. The second kappa shape index (κ2) is 8.08. The van der Waals surface area contributed by atoms with Crippen LogP contribution in [0.25, 0.3) is 0 Å². The minimum absolute atomic E-state index is 0.0621. The standard InChI is InChI=1S/C18H28N2O4S/c1-5-20(16-6-9-25(22,23)12-16)18(21)19-7-8-24-17-11-14(3)13(2)10-15(17)4/h10-11,16H,5-9,12H2,1-4H3,(H,19,21). The van der Waals surface area contributed by atoms with Crippen LogP contribution in [-0.4, -0.2) is 56.6 Å². The number of nitrogens with one attached hydrogen (secondary N) is 1. The fourth-order valence-electron chi connectivity index (χ4n) is 3.10. The van der Waals surface area contributed by atoms with Crippen molar-refractivity contribution in [3.05, 3.63) is 28.8 Å². The molecule has 1 saturated heterocycles. The lowest BCUT2D eigenvalue weighted by Crippen LogP contribution is -2.47. The average molecular weight is 368 g/mol. The van der Waals surface area contributed by atoms with Gasteiger partial charge in [0.2, 0.25) is 0 Å². The van der Waals surface area contributed by atoms with E-state index in [0.29, 0.717) is 26.1 Å². The van der Waals surface area contributed by atoms with Gasteiger partial charge in [0.1, 0.15) is 12.4 Å². The van der Waals surface area contributed by atoms with Crippen LogP contribution in [0, 0.1) is 20.8 Å². The maximum atomic E-state index is 12.3. The smallest absolute Gasteiger partial charge is 0.317 e. The molecule has 1 aromatic rings. The highest BCUT2D eigenvalue weighted by atomic mass is 32.2. The Balaban J connectivity index is 1.82. The number of sulfone groups is 1. The molecule has 2 rings (SSSR count). The van der Waals surface area contributed by atoms with E-state index in [1.807, 2.05) is 26.8 Å². The van der Waals surface area contributed by atoms with Gasteiger partial charge in [0.15, 0.2) is 9.84 Å². The van der Waals surface area contributed by atoms with E-state index in [9.17, 15) is 13.2 Å². The Kier molecular flexibility index (Phi) is 6.32. The highest BCUT2D eigenvalue weighted by Crippen LogP contribution is 2.22. The summed E-state index contributed by atoms with van der Waals surface area (Å²) in [6, 6.07) is 3.64. The van der Waals surface area contributed by atoms with E-state index in [1.54, 1.807) is 4.90 Å². The minimum Gasteiger partial charge on any atom is -0.491 e. The van der Waals surface area contributed by atoms with Crippen LogP contribution in [0.15, 0.2) is 12.1 Å². The van der Waals surface area contributed by atoms with Crippen LogP contribution < -0.4 is 10.1 Å². The molecule has 0 radical (unpaired) electrons. The number of nitrogens with zero attached hydrogens (tertiary/aromatic N) is 1. The zero-order valence-corrected chi connectivity index (χ0v) is 16.3. The number of aryl methyl sites for hydroxylation is 3. The fraction of sp³-hybridized carbons (Fsp3) is 0.611. The number of hydrogen-bond donors (Lipinski definition) is 1. The number of rotatable bonds is 6. The SMILES string of the molecule is CCN(C(=O)NCCOc1cc(C)c(C)cc1C)C1CCS(=O)(=O)C1. The predicted octanol–water partition coefficient (Wildman–Crippen LogP) is 2.21. The molecule has 140 valence electrons. The Labute approximate surface area is 150 Å². The largest absolute Gasteiger partial charge is 0.491 e. The molecule has 1 aromatic carbocycles. The molecule has 0 spiro atoms. The summed E-state index contributed by atoms with van der Waals surface area (Å²) in [5.41, 5.74) is 3.47. The molecule has 25 heavy (non-hydrogen) atoms. The van der Waals surface area contributed by atoms with Crippen molar-refractivity contribution < 1.29 is 17.9 Å². The molecule has 1 fully saturated rings. The molecule has 1 N–H and O–H groups in total. The second-order valence-corrected chi connectivity index (χ2v) is 8.85. The third kappa shape index (κ3) is 5.11. The molecule has 7 heteroatoms. The summed E-state index contributed by atoms with van der Waals surface area (Å²) in [5.74, 6) is 1.05. The molecule has 1 atom stereocenters. The fourth-order valence-corrected chi connectivity index (χ4v) is 4.83. The molecule has 0 saturated carbocycles. The van der Waals surface area contributed by atoms with Crippen molar-refractivity contribution in [3.63, 3.8) is 0 Å². The lowest BCUT2D eigenvalue weighted by atomic mass is 10.1. The first-order valence-corrected chi connectivity index (χ1v) is 10.5. The quantitative estimate of drug-likeness (QED) is 0.781. The Hall–Kier alpha value is -1.76. The van der Waals surface area contributed by atoms with Gasteiger partial charge in [-0.15, -0.1) is 0 Å². The molecule has 1 heterocycles. The van der Waals surface area contributed by atoms with Crippen molar-refractivity contribution in [3.8, 4) is 5.75 Å². The summed E-state index contributed by atoms with van der Waals surface area (Å²) < 4.78 is 29.0. The first-order valence-electron chi connectivity index (χ1n) is 8.69. The molecule has 2 amide bonds. The lowest BCUT2D eigenvalue weighted by Gasteiger charge is -2.27. The number of urea groups is 1. The topological polar surface area (TPSA) is 75.7 Å². The highest BCUT2D eigenvalue weighted by molar-refractivity contribution is 7.91. The van der Waals surface area contributed by atoms with Gasteiger partial charge in [-0.3, -0.25) is 0 Å². The van der Waals surface area contributed by atoms with E-state index in [4.69, 9.17) is 4.74 Å². The van der Waals surface area contributed by atoms with Crippen molar-refractivity contribution in [1.29, 1.82) is 0 Å². The number of benzene rings is 1. The summed E-state index contributed by atoms with van der Waals surface area (Å²) in [7, 11) is -3.00. The maximum absolute atomic E-state index is 12.3. The third-order valence-electron chi connectivity index (χ3n) is 4.68. The Bertz CT molecular complexity index is 731. The van der Waals surface area contributed by atoms with Crippen molar-refractivity contribution >= 4 is 15.9 Å². The van der Waals surface area contributed by atoms with E-state index in [-0.39, 0.29) is 23.6 Å². The minimum atomic E-state index is -3.00. The van der Waals surface area contributed by atoms with Gasteiger partial charge in [0.25, 0.3) is 0 Å². The summed E-state index contributed by atoms with van der Waals surface area (Å²) in [5, 5.41) is 2.82. The van der Waals surface area contributed by atoms with Crippen LogP contribution in [-0.2, 0) is 9.84 Å². The van der Waals surface area contributed by atoms with Crippen LogP contribution >= 0.6 is 0 Å². The van der Waals surface area contributed by atoms with Crippen molar-refractivity contribution in [2.24, 2.45) is 0 Å². The van der Waals surface area contributed by atoms with Crippen molar-refractivity contribution in [2.75, 3.05) is 31.2 Å². The van der Waals surface area contributed by atoms with Crippen molar-refractivity contribution in [2.45, 2.75) is 40.2 Å². The first kappa shape index (κ1) is 19.6. The Morgan fingerprint density at radius 3 is 2.52 bits per heavy atom. The van der Waals surface area contributed by atoms with E-state index < -0.39 is 9.84 Å². The lowest BCUT2D eigenvalue weighted by molar-refractivity contribution is 0.181. The van der Waals surface area contributed by atoms with Gasteiger partial charge in [-0.25, -0.2) is 13.2 Å². The molecule has 0 bridgehead atoms. The van der Waals surface area contributed by atoms with Gasteiger partial charge in [-0.2, -0.15) is 0 Å². The van der Waals surface area contributed by atoms with Crippen LogP contribution in [0.4, 0.5) is 4.79 Å². The molecule has 1 unspecified atom stereocenters. The molecule has 0 aliphatic carbocycles. The van der Waals surface area contributed by atoms with Crippen LogP contribution in [0.2, 0.25) is 0 Å². The summed E-state index contributed by atoms with van der Waals surface area (Å²) in [4.78, 5) is 13.9. The number of hydrogen-bond acceptors (Lipinski definition) is 4.